The average Bonchev–Trinajstić information content (AvgIpc) is 0.925. The molecule has 0 saturated carbocycles. The van der Waals surface area contributed by atoms with Crippen molar-refractivity contribution in [2.75, 3.05) is 67.8 Å². The summed E-state index contributed by atoms with van der Waals surface area (Å²) < 4.78 is 48.9. The smallest absolute Gasteiger partial charge is 0.371 e. The molecule has 5 aromatic heterocycles. The Morgan fingerprint density at radius 1 is 0.470 bits per heavy atom. The van der Waals surface area contributed by atoms with Gasteiger partial charge in [0.1, 0.15) is 60.9 Å². The second kappa shape index (κ2) is 41.4. The molecule has 0 aliphatic carbocycles. The van der Waals surface area contributed by atoms with Gasteiger partial charge in [-0.25, -0.2) is 29.7 Å². The van der Waals surface area contributed by atoms with Crippen LogP contribution in [-0.2, 0) is 30.1 Å². The van der Waals surface area contributed by atoms with E-state index in [0.717, 1.165) is 101 Å². The summed E-state index contributed by atoms with van der Waals surface area (Å²) in [5.41, 5.74) is 21.3. The van der Waals surface area contributed by atoms with Crippen molar-refractivity contribution in [3.8, 4) is 40.2 Å². The molecule has 6 heterocycles. The Morgan fingerprint density at radius 3 is 1.23 bits per heavy atom. The summed E-state index contributed by atoms with van der Waals surface area (Å²) >= 11 is 36.6. The number of hydrogen-bond acceptors (Lipinski definition) is 25. The van der Waals surface area contributed by atoms with Gasteiger partial charge in [-0.15, -0.1) is 0 Å². The number of nitrogen functional groups attached to an aromatic ring is 2. The van der Waals surface area contributed by atoms with E-state index in [9.17, 15) is 23.7 Å². The lowest BCUT2D eigenvalue weighted by atomic mass is 10.0. The molecule has 13 rings (SSSR count). The molecule has 0 radical (unpaired) electrons. The number of aromatic nitrogens is 10. The molecular formula is C66H61Cl7N13O13P. The van der Waals surface area contributed by atoms with E-state index in [1.807, 2.05) is 78.9 Å². The fraction of sp³-hybridized carbons (Fsp3) is 0.152. The number of carbonyl (C=O) groups is 3. The number of H-pyrrole nitrogens is 1. The minimum atomic E-state index is -3.22. The van der Waals surface area contributed by atoms with E-state index in [0.29, 0.717) is 43.9 Å². The summed E-state index contributed by atoms with van der Waals surface area (Å²) in [6.07, 6.45) is 9.27. The van der Waals surface area contributed by atoms with Gasteiger partial charge in [0, 0.05) is 42.8 Å². The number of aldehydes is 1. The molecule has 0 amide bonds. The van der Waals surface area contributed by atoms with Crippen molar-refractivity contribution in [2.45, 2.75) is 13.3 Å². The summed E-state index contributed by atoms with van der Waals surface area (Å²) in [6, 6.07) is 37.9. The molecule has 1 aliphatic rings. The highest BCUT2D eigenvalue weighted by Crippen LogP contribution is 2.61. The maximum Gasteiger partial charge on any atom is 0.371 e. The third-order valence-electron chi connectivity index (χ3n) is 12.3. The molecule has 5 N–H and O–H groups in total. The third-order valence-corrected chi connectivity index (χ3v) is 13.1. The van der Waals surface area contributed by atoms with Gasteiger partial charge in [-0.05, 0) is 137 Å². The first-order chi connectivity index (χ1) is 47.8. The van der Waals surface area contributed by atoms with Crippen molar-refractivity contribution in [3.05, 3.63) is 195 Å². The van der Waals surface area contributed by atoms with E-state index in [2.05, 4.69) is 93.3 Å². The van der Waals surface area contributed by atoms with E-state index >= 15 is 0 Å². The minimum Gasteiger partial charge on any atom is -0.497 e. The number of Topliss-reactive ketones (excluding diaryl/α,β-unsaturated/α-hetero) is 1. The van der Waals surface area contributed by atoms with Crippen molar-refractivity contribution < 1.29 is 56.8 Å². The first-order valence-electron chi connectivity index (χ1n) is 28.4. The largest absolute Gasteiger partial charge is 0.497 e. The number of aliphatic imine (C=N–C) groups is 1. The Kier molecular flexibility index (Phi) is 33.4. The quantitative estimate of drug-likeness (QED) is 0.0397. The van der Waals surface area contributed by atoms with E-state index in [1.165, 1.54) is 37.2 Å². The Balaban J connectivity index is 0.000000205. The highest BCUT2D eigenvalue weighted by Gasteiger charge is 2.12. The molecule has 1 aliphatic heterocycles. The van der Waals surface area contributed by atoms with Gasteiger partial charge in [0.25, 0.3) is 5.56 Å². The van der Waals surface area contributed by atoms with Crippen LogP contribution < -0.4 is 50.2 Å². The highest BCUT2D eigenvalue weighted by atomic mass is 36.0. The zero-order valence-electron chi connectivity index (χ0n) is 54.1. The van der Waals surface area contributed by atoms with E-state index in [-0.39, 0.29) is 24.2 Å². The predicted molar refractivity (Wildman–Crippen MR) is 393 cm³/mol. The number of hydrogen-bond donors (Lipinski definition) is 3. The number of anilines is 2. The molecule has 0 bridgehead atoms. The van der Waals surface area contributed by atoms with Gasteiger partial charge in [0.05, 0.1) is 166 Å². The predicted octanol–water partition coefficient (Wildman–Crippen LogP) is 15.0. The second-order valence-corrected chi connectivity index (χ2v) is 27.2. The summed E-state index contributed by atoms with van der Waals surface area (Å²) in [6.45, 7) is 1.90. The Bertz CT molecular complexity index is 4700. The lowest BCUT2D eigenvalue weighted by Gasteiger charge is -2.09. The number of benzene rings is 7. The molecule has 7 aromatic carbocycles. The number of ether oxygens (including phenoxy) is 8. The lowest BCUT2D eigenvalue weighted by Crippen LogP contribution is -2.08. The summed E-state index contributed by atoms with van der Waals surface area (Å²) in [5.74, 6) is 4.51. The molecule has 100 heavy (non-hydrogen) atoms. The number of nitrogens with zero attached hydrogens (tertiary/aromatic N) is 10. The van der Waals surface area contributed by atoms with Crippen LogP contribution in [0.4, 0.5) is 17.1 Å². The zero-order chi connectivity index (χ0) is 73.3. The molecular weight excluding hydrogens is 1460 g/mol. The normalized spacial score (nSPS) is 10.6. The van der Waals surface area contributed by atoms with Crippen LogP contribution in [0.2, 0.25) is 20.6 Å². The van der Waals surface area contributed by atoms with Gasteiger partial charge >= 0.3 is 11.2 Å². The molecule has 34 heteroatoms. The molecule has 26 nitrogen and oxygen atoms in total. The number of esters is 1. The van der Waals surface area contributed by atoms with Crippen molar-refractivity contribution in [3.63, 3.8) is 0 Å². The Hall–Kier alpha value is -10.0. The number of rotatable bonds is 9. The van der Waals surface area contributed by atoms with Crippen molar-refractivity contribution >= 4 is 182 Å². The first kappa shape index (κ1) is 80.7. The van der Waals surface area contributed by atoms with Crippen LogP contribution in [0.25, 0.3) is 55.2 Å². The maximum atomic E-state index is 11.0. The zero-order valence-corrected chi connectivity index (χ0v) is 60.3. The summed E-state index contributed by atoms with van der Waals surface area (Å²) in [5, 5.41) is -1.64. The molecule has 0 unspecified atom stereocenters. The van der Waals surface area contributed by atoms with E-state index in [4.69, 9.17) is 91.0 Å². The van der Waals surface area contributed by atoms with Crippen LogP contribution in [0.1, 0.15) is 12.5 Å². The summed E-state index contributed by atoms with van der Waals surface area (Å²) in [7, 11) is 11.2. The average molecular weight is 1520 g/mol. The highest BCUT2D eigenvalue weighted by molar-refractivity contribution is 8.24. The summed E-state index contributed by atoms with van der Waals surface area (Å²) in [4.78, 5) is 84.7. The van der Waals surface area contributed by atoms with Crippen molar-refractivity contribution in [2.24, 2.45) is 4.99 Å². The van der Waals surface area contributed by atoms with Gasteiger partial charge in [0.15, 0.2) is 5.78 Å². The molecule has 0 atom stereocenters. The number of fused-ring (bicyclic) bond motifs is 6. The molecule has 0 spiro atoms. The SMILES string of the molecule is CCOC(=O)C=O.COc1ccc(N)c(N)c1.COc1ccc2[nH]c(=O)cnc2c1.COc1ccc2c(c1)CC(=O)C=N2.COc1ccc2nc(Cl)cnc2c1.COc1ccc2nc(Cl)cnc2c1.COc1ccc2ncc(Cl)nc2c1.COc1ccc2ncc(Cl)nc2c1.O=P(Cl)(Cl)Cl. The number of aromatic amines is 1. The first-order valence-corrected chi connectivity index (χ1v) is 34.4. The van der Waals surface area contributed by atoms with Crippen LogP contribution in [0.3, 0.4) is 0 Å². The maximum absolute atomic E-state index is 11.0. The number of ketones is 1. The molecule has 0 saturated heterocycles. The van der Waals surface area contributed by atoms with Gasteiger partial charge < -0.3 is 54.3 Å². The number of nitrogens with two attached hydrogens (primary N) is 2. The standard InChI is InChI=1S/C10H9NO2.4C9H7ClN2O.C9H8N2O2.C7H10N2O.C4H6O3.Cl3OP/c1-13-9-2-3-10-7(5-9)4-8(12)6-11-10;2*1-13-6-2-3-7-8(4-6)11-5-9(10)12-7;2*1-13-6-2-3-7-8(4-6)12-9(10)5-11-7;1-13-6-2-3-7-8(4-6)10-5-9(12)11-7;1-10-5-2-3-6(8)7(9)4-5;1-2-7-4(6)3-5;1-5(2,3)4/h2-3,5-6H,4H2,1H3;4*2-5H,1H3;2-5H,1H3,(H,11,12);2-4H,8-9H2,1H3;3H,2H2,1H3;. The number of halogens is 7. The fourth-order valence-corrected chi connectivity index (χ4v) is 8.27. The number of carbonyl (C=O) groups excluding carboxylic acids is 3. The molecule has 12 aromatic rings. The van der Waals surface area contributed by atoms with E-state index in [1.54, 1.807) is 105 Å². The van der Waals surface area contributed by atoms with Crippen LogP contribution in [0, 0.1) is 0 Å². The fourth-order valence-electron chi connectivity index (χ4n) is 7.71. The monoisotopic (exact) mass is 1520 g/mol. The third kappa shape index (κ3) is 28.1. The van der Waals surface area contributed by atoms with Crippen LogP contribution in [0.15, 0.2) is 168 Å². The second-order valence-electron chi connectivity index (χ2n) is 19.0. The Morgan fingerprint density at radius 2 is 0.820 bits per heavy atom. The van der Waals surface area contributed by atoms with Crippen LogP contribution in [0.5, 0.6) is 40.2 Å². The molecule has 522 valence electrons. The topological polar surface area (TPSA) is 355 Å². The van der Waals surface area contributed by atoms with Gasteiger partial charge in [0.2, 0.25) is 6.29 Å². The lowest BCUT2D eigenvalue weighted by molar-refractivity contribution is -0.148. The minimum absolute atomic E-state index is 0.0424. The van der Waals surface area contributed by atoms with Crippen LogP contribution >= 0.6 is 85.3 Å². The number of nitrogens with one attached hydrogen (secondary N) is 1. The van der Waals surface area contributed by atoms with Gasteiger partial charge in [-0.3, -0.25) is 43.9 Å². The molecule has 0 fully saturated rings. The van der Waals surface area contributed by atoms with Crippen molar-refractivity contribution in [1.29, 1.82) is 0 Å². The Labute approximate surface area is 605 Å². The van der Waals surface area contributed by atoms with Gasteiger partial charge in [-0.1, -0.05) is 46.4 Å². The van der Waals surface area contributed by atoms with Gasteiger partial charge in [-0.2, -0.15) is 0 Å². The van der Waals surface area contributed by atoms with Crippen molar-refractivity contribution in [1.82, 2.24) is 49.8 Å². The van der Waals surface area contributed by atoms with E-state index < -0.39 is 11.2 Å². The van der Waals surface area contributed by atoms with Crippen LogP contribution in [-0.4, -0.2) is 130 Å². The number of methoxy groups -OCH3 is 7.